The Kier molecular flexibility index (Phi) is 3.02. The molecule has 2 heterocycles. The summed E-state index contributed by atoms with van der Waals surface area (Å²) in [5, 5.41) is 14.6. The van der Waals surface area contributed by atoms with Crippen LogP contribution in [0, 0.1) is 0 Å². The van der Waals surface area contributed by atoms with Gasteiger partial charge in [-0.25, -0.2) is 0 Å². The van der Waals surface area contributed by atoms with Gasteiger partial charge in [-0.05, 0) is 30.7 Å². The second kappa shape index (κ2) is 4.85. The molecular weight excluding hydrogens is 254 g/mol. The predicted octanol–water partition coefficient (Wildman–Crippen LogP) is 2.30. The zero-order chi connectivity index (χ0) is 14.1. The Bertz CT molecular complexity index is 817. The zero-order valence-corrected chi connectivity index (χ0v) is 11.2. The third-order valence-corrected chi connectivity index (χ3v) is 3.24. The molecule has 1 aromatic carbocycles. The summed E-state index contributed by atoms with van der Waals surface area (Å²) in [7, 11) is 0. The molecule has 5 heteroatoms. The molecule has 0 fully saturated rings. The van der Waals surface area contributed by atoms with Gasteiger partial charge in [0, 0.05) is 29.9 Å². The zero-order valence-electron chi connectivity index (χ0n) is 11.2. The number of pyridine rings is 1. The quantitative estimate of drug-likeness (QED) is 0.793. The van der Waals surface area contributed by atoms with Crippen molar-refractivity contribution in [1.82, 2.24) is 14.3 Å². The number of fused-ring (bicyclic) bond motifs is 1. The highest BCUT2D eigenvalue weighted by atomic mass is 16.3. The fraction of sp³-hybridized carbons (Fsp3) is 0.200. The Morgan fingerprint density at radius 2 is 2.10 bits per heavy atom. The maximum atomic E-state index is 11.9. The minimum absolute atomic E-state index is 0.0249. The monoisotopic (exact) mass is 269 g/mol. The highest BCUT2D eigenvalue weighted by molar-refractivity contribution is 5.80. The summed E-state index contributed by atoms with van der Waals surface area (Å²) in [6, 6.07) is 8.46. The van der Waals surface area contributed by atoms with Gasteiger partial charge in [0.2, 0.25) is 0 Å². The first-order valence-electron chi connectivity index (χ1n) is 6.56. The topological polar surface area (TPSA) is 60.1 Å². The van der Waals surface area contributed by atoms with Crippen LogP contribution in [0.15, 0.2) is 47.5 Å². The number of aromatic hydroxyl groups is 1. The van der Waals surface area contributed by atoms with E-state index in [2.05, 4.69) is 12.0 Å². The molecule has 5 nitrogen and oxygen atoms in total. The lowest BCUT2D eigenvalue weighted by atomic mass is 10.2. The number of nitrogens with zero attached hydrogens (tertiary/aromatic N) is 3. The molecule has 3 aromatic rings. The summed E-state index contributed by atoms with van der Waals surface area (Å²) >= 11 is 0. The van der Waals surface area contributed by atoms with E-state index >= 15 is 0 Å². The van der Waals surface area contributed by atoms with E-state index in [1.165, 1.54) is 16.7 Å². The maximum Gasteiger partial charge on any atom is 0.258 e. The first kappa shape index (κ1) is 12.5. The van der Waals surface area contributed by atoms with Gasteiger partial charge in [0.1, 0.15) is 5.75 Å². The smallest absolute Gasteiger partial charge is 0.258 e. The molecular formula is C15H15N3O2. The van der Waals surface area contributed by atoms with Crippen LogP contribution < -0.4 is 5.56 Å². The Morgan fingerprint density at radius 3 is 2.85 bits per heavy atom. The van der Waals surface area contributed by atoms with Crippen molar-refractivity contribution in [3.63, 3.8) is 0 Å². The first-order valence-corrected chi connectivity index (χ1v) is 6.56. The molecule has 0 atom stereocenters. The van der Waals surface area contributed by atoms with Gasteiger partial charge in [-0.1, -0.05) is 6.92 Å². The van der Waals surface area contributed by atoms with Crippen LogP contribution in [-0.2, 0) is 6.54 Å². The molecule has 0 saturated heterocycles. The number of aromatic nitrogens is 3. The van der Waals surface area contributed by atoms with Crippen molar-refractivity contribution in [3.05, 3.63) is 53.1 Å². The average molecular weight is 269 g/mol. The van der Waals surface area contributed by atoms with Gasteiger partial charge < -0.3 is 5.11 Å². The van der Waals surface area contributed by atoms with Crippen LogP contribution >= 0.6 is 0 Å². The largest absolute Gasteiger partial charge is 0.508 e. The summed E-state index contributed by atoms with van der Waals surface area (Å²) in [6.45, 7) is 2.99. The van der Waals surface area contributed by atoms with E-state index < -0.39 is 0 Å². The standard InChI is InChI=1S/C15H15N3O2/c1-2-6-18-14-4-3-12(8-11(14)10-16-18)17-7-5-13(19)9-15(17)20/h3-5,7-10,19H,2,6H2,1H3. The van der Waals surface area contributed by atoms with Crippen LogP contribution in [0.25, 0.3) is 16.6 Å². The number of benzene rings is 1. The van der Waals surface area contributed by atoms with Crippen LogP contribution in [-0.4, -0.2) is 19.5 Å². The van der Waals surface area contributed by atoms with Crippen molar-refractivity contribution in [2.75, 3.05) is 0 Å². The van der Waals surface area contributed by atoms with Crippen molar-refractivity contribution < 1.29 is 5.11 Å². The van der Waals surface area contributed by atoms with E-state index in [4.69, 9.17) is 0 Å². The predicted molar refractivity (Wildman–Crippen MR) is 77.3 cm³/mol. The van der Waals surface area contributed by atoms with Gasteiger partial charge in [-0.2, -0.15) is 5.10 Å². The molecule has 0 aliphatic carbocycles. The van der Waals surface area contributed by atoms with E-state index in [0.29, 0.717) is 0 Å². The molecule has 1 N–H and O–H groups in total. The van der Waals surface area contributed by atoms with Crippen LogP contribution in [0.3, 0.4) is 0 Å². The molecule has 3 rings (SSSR count). The van der Waals surface area contributed by atoms with Gasteiger partial charge in [0.15, 0.2) is 0 Å². The molecule has 0 bridgehead atoms. The van der Waals surface area contributed by atoms with Crippen molar-refractivity contribution in [2.45, 2.75) is 19.9 Å². The highest BCUT2D eigenvalue weighted by Gasteiger charge is 2.05. The van der Waals surface area contributed by atoms with E-state index in [1.807, 2.05) is 22.9 Å². The molecule has 2 aromatic heterocycles. The van der Waals surface area contributed by atoms with Gasteiger partial charge in [-0.15, -0.1) is 0 Å². The highest BCUT2D eigenvalue weighted by Crippen LogP contribution is 2.18. The fourth-order valence-electron chi connectivity index (χ4n) is 2.30. The van der Waals surface area contributed by atoms with E-state index in [0.717, 1.165) is 29.6 Å². The van der Waals surface area contributed by atoms with Crippen LogP contribution in [0.5, 0.6) is 5.75 Å². The summed E-state index contributed by atoms with van der Waals surface area (Å²) in [6.07, 6.45) is 4.39. The van der Waals surface area contributed by atoms with Crippen molar-refractivity contribution in [3.8, 4) is 11.4 Å². The minimum Gasteiger partial charge on any atom is -0.508 e. The number of rotatable bonds is 3. The van der Waals surface area contributed by atoms with Crippen molar-refractivity contribution >= 4 is 10.9 Å². The molecule has 0 amide bonds. The summed E-state index contributed by atoms with van der Waals surface area (Å²) in [4.78, 5) is 11.9. The first-order chi connectivity index (χ1) is 9.69. The second-order valence-corrected chi connectivity index (χ2v) is 4.70. The normalized spacial score (nSPS) is 11.1. The molecule has 0 aliphatic heterocycles. The van der Waals surface area contributed by atoms with E-state index in [-0.39, 0.29) is 11.3 Å². The average Bonchev–Trinajstić information content (AvgIpc) is 2.82. The summed E-state index contributed by atoms with van der Waals surface area (Å²) in [5.41, 5.74) is 1.56. The SMILES string of the molecule is CCCn1ncc2cc(-n3ccc(O)cc3=O)ccc21. The maximum absolute atomic E-state index is 11.9. The minimum atomic E-state index is -0.259. The second-order valence-electron chi connectivity index (χ2n) is 4.70. The third-order valence-electron chi connectivity index (χ3n) is 3.24. The van der Waals surface area contributed by atoms with Crippen LogP contribution in [0.4, 0.5) is 0 Å². The van der Waals surface area contributed by atoms with E-state index in [9.17, 15) is 9.90 Å². The van der Waals surface area contributed by atoms with Gasteiger partial charge in [0.25, 0.3) is 5.56 Å². The Hall–Kier alpha value is -2.56. The summed E-state index contributed by atoms with van der Waals surface area (Å²) < 4.78 is 3.45. The van der Waals surface area contributed by atoms with Crippen molar-refractivity contribution in [2.24, 2.45) is 0 Å². The molecule has 102 valence electrons. The molecule has 0 aliphatic rings. The van der Waals surface area contributed by atoms with Crippen LogP contribution in [0.2, 0.25) is 0 Å². The molecule has 0 spiro atoms. The van der Waals surface area contributed by atoms with Gasteiger partial charge >= 0.3 is 0 Å². The number of aryl methyl sites for hydroxylation is 1. The van der Waals surface area contributed by atoms with Gasteiger partial charge in [-0.3, -0.25) is 14.0 Å². The lowest BCUT2D eigenvalue weighted by molar-refractivity contribution is 0.473. The third kappa shape index (κ3) is 2.07. The summed E-state index contributed by atoms with van der Waals surface area (Å²) in [5.74, 6) is -0.0249. The van der Waals surface area contributed by atoms with E-state index in [1.54, 1.807) is 12.4 Å². The molecule has 0 unspecified atom stereocenters. The fourth-order valence-corrected chi connectivity index (χ4v) is 2.30. The number of hydrogen-bond donors (Lipinski definition) is 1. The Balaban J connectivity index is 2.11. The Labute approximate surface area is 115 Å². The molecule has 0 saturated carbocycles. The van der Waals surface area contributed by atoms with Crippen LogP contribution in [0.1, 0.15) is 13.3 Å². The molecule has 20 heavy (non-hydrogen) atoms. The number of hydrogen-bond acceptors (Lipinski definition) is 3. The molecule has 0 radical (unpaired) electrons. The van der Waals surface area contributed by atoms with Crippen molar-refractivity contribution in [1.29, 1.82) is 0 Å². The lowest BCUT2D eigenvalue weighted by Crippen LogP contribution is -2.15. The lowest BCUT2D eigenvalue weighted by Gasteiger charge is -2.06. The van der Waals surface area contributed by atoms with Gasteiger partial charge in [0.05, 0.1) is 11.7 Å². The Morgan fingerprint density at radius 1 is 1.25 bits per heavy atom.